The Kier molecular flexibility index (Phi) is 4.31. The van der Waals surface area contributed by atoms with Crippen molar-refractivity contribution in [3.63, 3.8) is 0 Å². The van der Waals surface area contributed by atoms with Gasteiger partial charge in [0.25, 0.3) is 0 Å². The van der Waals surface area contributed by atoms with E-state index in [1.54, 1.807) is 17.7 Å². The number of piperazine rings is 1. The van der Waals surface area contributed by atoms with E-state index >= 15 is 0 Å². The summed E-state index contributed by atoms with van der Waals surface area (Å²) in [7, 11) is 0. The Morgan fingerprint density at radius 3 is 3.05 bits per heavy atom. The lowest BCUT2D eigenvalue weighted by Crippen LogP contribution is -2.46. The van der Waals surface area contributed by atoms with Crippen molar-refractivity contribution in [1.29, 1.82) is 0 Å². The van der Waals surface area contributed by atoms with E-state index in [1.165, 1.54) is 4.88 Å². The van der Waals surface area contributed by atoms with Gasteiger partial charge in [0.15, 0.2) is 0 Å². The Morgan fingerprint density at radius 2 is 2.24 bits per heavy atom. The lowest BCUT2D eigenvalue weighted by Gasteiger charge is -2.27. The fourth-order valence-electron chi connectivity index (χ4n) is 2.48. The molecule has 0 bridgehead atoms. The SMILES string of the molecule is Cc1cc2c(NCCC(=O)N3CCNCC3)ncnc2s1. The van der Waals surface area contributed by atoms with Gasteiger partial charge in [-0.1, -0.05) is 0 Å². The minimum Gasteiger partial charge on any atom is -0.369 e. The van der Waals surface area contributed by atoms with Crippen molar-refractivity contribution < 1.29 is 4.79 Å². The highest BCUT2D eigenvalue weighted by molar-refractivity contribution is 7.18. The number of nitrogens with zero attached hydrogens (tertiary/aromatic N) is 3. The van der Waals surface area contributed by atoms with Crippen molar-refractivity contribution in [3.05, 3.63) is 17.3 Å². The van der Waals surface area contributed by atoms with Gasteiger partial charge in [0.05, 0.1) is 5.39 Å². The van der Waals surface area contributed by atoms with E-state index in [0.717, 1.165) is 42.2 Å². The van der Waals surface area contributed by atoms with Crippen molar-refractivity contribution in [2.24, 2.45) is 0 Å². The smallest absolute Gasteiger partial charge is 0.224 e. The van der Waals surface area contributed by atoms with Gasteiger partial charge in [-0.15, -0.1) is 11.3 Å². The summed E-state index contributed by atoms with van der Waals surface area (Å²) in [4.78, 5) is 24.7. The summed E-state index contributed by atoms with van der Waals surface area (Å²) in [5.74, 6) is 1.02. The molecule has 0 atom stereocenters. The number of aryl methyl sites for hydroxylation is 1. The van der Waals surface area contributed by atoms with Crippen molar-refractivity contribution in [3.8, 4) is 0 Å². The van der Waals surface area contributed by atoms with Gasteiger partial charge in [-0.3, -0.25) is 4.79 Å². The van der Waals surface area contributed by atoms with Crippen LogP contribution in [0.3, 0.4) is 0 Å². The Balaban J connectivity index is 1.58. The highest BCUT2D eigenvalue weighted by atomic mass is 32.1. The summed E-state index contributed by atoms with van der Waals surface area (Å²) in [6.07, 6.45) is 2.06. The molecular weight excluding hydrogens is 286 g/mol. The molecule has 3 heterocycles. The molecule has 0 unspecified atom stereocenters. The maximum atomic E-state index is 12.1. The molecule has 1 amide bonds. The van der Waals surface area contributed by atoms with Crippen molar-refractivity contribution in [2.75, 3.05) is 38.0 Å². The number of hydrogen-bond donors (Lipinski definition) is 2. The van der Waals surface area contributed by atoms with Crippen LogP contribution in [-0.4, -0.2) is 53.5 Å². The summed E-state index contributed by atoms with van der Waals surface area (Å²) in [5.41, 5.74) is 0. The number of thiophene rings is 1. The highest BCUT2D eigenvalue weighted by Gasteiger charge is 2.15. The van der Waals surface area contributed by atoms with Gasteiger partial charge in [0.1, 0.15) is 17.0 Å². The standard InChI is InChI=1S/C14H19N5OS/c1-10-8-11-13(17-9-18-14(11)21-10)16-3-2-12(20)19-6-4-15-5-7-19/h8-9,15H,2-7H2,1H3,(H,16,17,18). The zero-order valence-corrected chi connectivity index (χ0v) is 12.9. The van der Waals surface area contributed by atoms with Gasteiger partial charge in [0, 0.05) is 44.0 Å². The first-order valence-electron chi connectivity index (χ1n) is 7.17. The Hall–Kier alpha value is -1.73. The maximum Gasteiger partial charge on any atom is 0.224 e. The maximum absolute atomic E-state index is 12.1. The third-order valence-electron chi connectivity index (χ3n) is 3.55. The molecule has 112 valence electrons. The topological polar surface area (TPSA) is 70.2 Å². The molecule has 6 nitrogen and oxygen atoms in total. The van der Waals surface area contributed by atoms with Gasteiger partial charge in [-0.2, -0.15) is 0 Å². The predicted octanol–water partition coefficient (Wildman–Crippen LogP) is 1.23. The van der Waals surface area contributed by atoms with Gasteiger partial charge < -0.3 is 15.5 Å². The second-order valence-corrected chi connectivity index (χ2v) is 6.34. The molecule has 1 aliphatic rings. The van der Waals surface area contributed by atoms with E-state index in [4.69, 9.17) is 0 Å². The minimum absolute atomic E-state index is 0.204. The van der Waals surface area contributed by atoms with Crippen LogP contribution in [0.2, 0.25) is 0 Å². The fraction of sp³-hybridized carbons (Fsp3) is 0.500. The van der Waals surface area contributed by atoms with Crippen LogP contribution in [0.1, 0.15) is 11.3 Å². The van der Waals surface area contributed by atoms with E-state index < -0.39 is 0 Å². The first kappa shape index (κ1) is 14.2. The fourth-order valence-corrected chi connectivity index (χ4v) is 3.32. The third kappa shape index (κ3) is 3.30. The normalized spacial score (nSPS) is 15.4. The van der Waals surface area contributed by atoms with Crippen LogP contribution in [0.5, 0.6) is 0 Å². The molecule has 0 radical (unpaired) electrons. The first-order valence-corrected chi connectivity index (χ1v) is 7.99. The average molecular weight is 305 g/mol. The Morgan fingerprint density at radius 1 is 1.43 bits per heavy atom. The molecule has 7 heteroatoms. The van der Waals surface area contributed by atoms with E-state index in [1.807, 2.05) is 4.90 Å². The zero-order chi connectivity index (χ0) is 14.7. The van der Waals surface area contributed by atoms with Crippen molar-refractivity contribution >= 4 is 33.3 Å². The number of amides is 1. The summed E-state index contributed by atoms with van der Waals surface area (Å²) in [6.45, 7) is 6.05. The second-order valence-electron chi connectivity index (χ2n) is 5.11. The highest BCUT2D eigenvalue weighted by Crippen LogP contribution is 2.27. The van der Waals surface area contributed by atoms with E-state index in [9.17, 15) is 4.79 Å². The summed E-state index contributed by atoms with van der Waals surface area (Å²) >= 11 is 1.66. The van der Waals surface area contributed by atoms with E-state index in [2.05, 4.69) is 33.6 Å². The summed E-state index contributed by atoms with van der Waals surface area (Å²) in [5, 5.41) is 7.55. The molecule has 21 heavy (non-hydrogen) atoms. The largest absolute Gasteiger partial charge is 0.369 e. The van der Waals surface area contributed by atoms with Crippen molar-refractivity contribution in [2.45, 2.75) is 13.3 Å². The van der Waals surface area contributed by atoms with Gasteiger partial charge >= 0.3 is 0 Å². The zero-order valence-electron chi connectivity index (χ0n) is 12.1. The number of nitrogens with one attached hydrogen (secondary N) is 2. The van der Waals surface area contributed by atoms with Crippen LogP contribution in [-0.2, 0) is 4.79 Å². The van der Waals surface area contributed by atoms with Gasteiger partial charge in [0.2, 0.25) is 5.91 Å². The molecule has 1 saturated heterocycles. The number of carbonyl (C=O) groups is 1. The minimum atomic E-state index is 0.204. The average Bonchev–Trinajstić information content (AvgIpc) is 2.89. The van der Waals surface area contributed by atoms with Crippen LogP contribution >= 0.6 is 11.3 Å². The van der Waals surface area contributed by atoms with E-state index in [-0.39, 0.29) is 5.91 Å². The number of rotatable bonds is 4. The predicted molar refractivity (Wildman–Crippen MR) is 84.7 cm³/mol. The monoisotopic (exact) mass is 305 g/mol. The molecule has 1 fully saturated rings. The van der Waals surface area contributed by atoms with Crippen LogP contribution < -0.4 is 10.6 Å². The second kappa shape index (κ2) is 6.36. The molecule has 3 rings (SSSR count). The number of aromatic nitrogens is 2. The summed E-state index contributed by atoms with van der Waals surface area (Å²) < 4.78 is 0. The third-order valence-corrected chi connectivity index (χ3v) is 4.51. The van der Waals surface area contributed by atoms with Crippen LogP contribution in [0.15, 0.2) is 12.4 Å². The number of carbonyl (C=O) groups excluding carboxylic acids is 1. The lowest BCUT2D eigenvalue weighted by molar-refractivity contribution is -0.131. The molecule has 2 aromatic rings. The number of hydrogen-bond acceptors (Lipinski definition) is 6. The lowest BCUT2D eigenvalue weighted by atomic mass is 10.3. The van der Waals surface area contributed by atoms with Crippen LogP contribution in [0.25, 0.3) is 10.2 Å². The molecule has 0 saturated carbocycles. The molecular formula is C14H19N5OS. The van der Waals surface area contributed by atoms with Crippen LogP contribution in [0.4, 0.5) is 5.82 Å². The van der Waals surface area contributed by atoms with Gasteiger partial charge in [-0.25, -0.2) is 9.97 Å². The molecule has 2 N–H and O–H groups in total. The molecule has 0 spiro atoms. The molecule has 0 aliphatic carbocycles. The molecule has 1 aliphatic heterocycles. The molecule has 0 aromatic carbocycles. The number of anilines is 1. The number of fused-ring (bicyclic) bond motifs is 1. The quantitative estimate of drug-likeness (QED) is 0.889. The first-order chi connectivity index (χ1) is 10.2. The Labute approximate surface area is 127 Å². The molecule has 2 aromatic heterocycles. The van der Waals surface area contributed by atoms with E-state index in [0.29, 0.717) is 13.0 Å². The summed E-state index contributed by atoms with van der Waals surface area (Å²) in [6, 6.07) is 2.08. The van der Waals surface area contributed by atoms with Crippen LogP contribution in [0, 0.1) is 6.92 Å². The van der Waals surface area contributed by atoms with Crippen molar-refractivity contribution in [1.82, 2.24) is 20.2 Å². The Bertz CT molecular complexity index is 635. The van der Waals surface area contributed by atoms with Gasteiger partial charge in [-0.05, 0) is 13.0 Å².